The Labute approximate surface area is 106 Å². The molecule has 7 heteroatoms. The average Bonchev–Trinajstić information content (AvgIpc) is 2.60. The molecule has 1 N–H and O–H groups in total. The largest absolute Gasteiger partial charge is 0.389 e. The maximum Gasteiger partial charge on any atom is 0.262 e. The highest BCUT2D eigenvalue weighted by atomic mass is 79.9. The molecule has 0 aliphatic carbocycles. The van der Waals surface area contributed by atoms with Gasteiger partial charge in [-0.15, -0.1) is 0 Å². The van der Waals surface area contributed by atoms with Gasteiger partial charge in [0.05, 0.1) is 5.52 Å². The summed E-state index contributed by atoms with van der Waals surface area (Å²) in [7, 11) is 6.91. The normalized spacial score (nSPS) is 15.4. The molecule has 0 aliphatic rings. The van der Waals surface area contributed by atoms with E-state index in [9.17, 15) is 13.9 Å². The molecular formula is C10H8BBrF2N2O. The molecule has 0 fully saturated rings. The van der Waals surface area contributed by atoms with Crippen molar-refractivity contribution in [1.82, 2.24) is 9.78 Å². The fourth-order valence-corrected chi connectivity index (χ4v) is 2.05. The van der Waals surface area contributed by atoms with Crippen LogP contribution >= 0.6 is 15.9 Å². The van der Waals surface area contributed by atoms with E-state index >= 15 is 0 Å². The number of rotatable bonds is 2. The number of aromatic nitrogens is 2. The highest BCUT2D eigenvalue weighted by molar-refractivity contribution is 9.10. The quantitative estimate of drug-likeness (QED) is 0.861. The van der Waals surface area contributed by atoms with Crippen LogP contribution in [0.25, 0.3) is 10.9 Å². The van der Waals surface area contributed by atoms with E-state index in [0.717, 1.165) is 0 Å². The van der Waals surface area contributed by atoms with E-state index < -0.39 is 11.9 Å². The molecule has 1 aromatic carbocycles. The smallest absolute Gasteiger partial charge is 0.262 e. The van der Waals surface area contributed by atoms with Crippen molar-refractivity contribution in [2.24, 2.45) is 7.05 Å². The summed E-state index contributed by atoms with van der Waals surface area (Å²) < 4.78 is 27.6. The summed E-state index contributed by atoms with van der Waals surface area (Å²) in [6.07, 6.45) is -1.43. The molecule has 2 rings (SSSR count). The minimum atomic E-state index is -3.09. The van der Waals surface area contributed by atoms with Crippen LogP contribution < -0.4 is 0 Å². The van der Waals surface area contributed by atoms with Gasteiger partial charge in [0.1, 0.15) is 13.3 Å². The third-order valence-corrected chi connectivity index (χ3v) is 3.19. The van der Waals surface area contributed by atoms with Crippen LogP contribution in [0.1, 0.15) is 5.56 Å². The number of benzene rings is 1. The Morgan fingerprint density at radius 1 is 1.53 bits per heavy atom. The maximum atomic E-state index is 12.7. The van der Waals surface area contributed by atoms with Crippen LogP contribution in [-0.4, -0.2) is 29.2 Å². The Morgan fingerprint density at radius 3 is 2.76 bits per heavy atom. The number of nitrogens with zero attached hydrogens (tertiary/aromatic N) is 2. The van der Waals surface area contributed by atoms with Gasteiger partial charge in [-0.25, -0.2) is 8.78 Å². The minimum Gasteiger partial charge on any atom is -0.389 e. The lowest BCUT2D eigenvalue weighted by Gasteiger charge is -2.23. The van der Waals surface area contributed by atoms with Crippen LogP contribution in [-0.2, 0) is 12.5 Å². The molecule has 17 heavy (non-hydrogen) atoms. The van der Waals surface area contributed by atoms with Crippen molar-refractivity contribution in [2.45, 2.75) is 11.9 Å². The third-order valence-electron chi connectivity index (χ3n) is 2.50. The Hall–Kier alpha value is -0.945. The van der Waals surface area contributed by atoms with Gasteiger partial charge in [0.15, 0.2) is 0 Å². The molecule has 0 saturated heterocycles. The van der Waals surface area contributed by atoms with Gasteiger partial charge in [-0.1, -0.05) is 22.0 Å². The zero-order valence-electron chi connectivity index (χ0n) is 8.86. The van der Waals surface area contributed by atoms with Crippen LogP contribution in [0, 0.1) is 0 Å². The predicted octanol–water partition coefficient (Wildman–Crippen LogP) is 1.91. The van der Waals surface area contributed by atoms with E-state index in [1.54, 1.807) is 19.3 Å². The van der Waals surface area contributed by atoms with Gasteiger partial charge in [-0.2, -0.15) is 5.10 Å². The molecule has 0 bridgehead atoms. The number of hydrogen-bond donors (Lipinski definition) is 1. The summed E-state index contributed by atoms with van der Waals surface area (Å²) in [4.78, 5) is 0. The van der Waals surface area contributed by atoms with Gasteiger partial charge < -0.3 is 5.11 Å². The van der Waals surface area contributed by atoms with Gasteiger partial charge >= 0.3 is 0 Å². The van der Waals surface area contributed by atoms with Gasteiger partial charge in [0.2, 0.25) is 0 Å². The van der Waals surface area contributed by atoms with E-state index in [1.807, 2.05) is 0 Å². The number of hydrogen-bond acceptors (Lipinski definition) is 2. The molecule has 1 unspecified atom stereocenters. The van der Waals surface area contributed by atoms with E-state index in [-0.39, 0.29) is 11.1 Å². The van der Waals surface area contributed by atoms with E-state index in [2.05, 4.69) is 21.0 Å². The van der Waals surface area contributed by atoms with Crippen LogP contribution in [0.5, 0.6) is 0 Å². The lowest BCUT2D eigenvalue weighted by molar-refractivity contribution is -0.0397. The Kier molecular flexibility index (Phi) is 2.99. The predicted molar refractivity (Wildman–Crippen MR) is 64.1 cm³/mol. The van der Waals surface area contributed by atoms with Gasteiger partial charge in [-0.3, -0.25) is 4.68 Å². The van der Waals surface area contributed by atoms with Crippen LogP contribution in [0.3, 0.4) is 0 Å². The highest BCUT2D eigenvalue weighted by Gasteiger charge is 2.35. The standard InChI is InChI=1S/C10H8BBrF2N2O/c1-16-4-5-7(12)3-2-6(8(5)15-16)10(11,17)9(13)14/h2-4,9,17H,1H3. The minimum absolute atomic E-state index is 0.0914. The molecule has 0 aliphatic heterocycles. The van der Waals surface area contributed by atoms with E-state index in [0.29, 0.717) is 9.86 Å². The molecule has 88 valence electrons. The topological polar surface area (TPSA) is 38.0 Å². The third kappa shape index (κ3) is 1.97. The van der Waals surface area contributed by atoms with Crippen molar-refractivity contribution in [2.75, 3.05) is 0 Å². The summed E-state index contributed by atoms with van der Waals surface area (Å²) in [6.45, 7) is 0. The van der Waals surface area contributed by atoms with E-state index in [4.69, 9.17) is 7.85 Å². The lowest BCUT2D eigenvalue weighted by atomic mass is 9.75. The zero-order valence-corrected chi connectivity index (χ0v) is 10.4. The first-order valence-corrected chi connectivity index (χ1v) is 5.55. The van der Waals surface area contributed by atoms with Crippen LogP contribution in [0.15, 0.2) is 22.8 Å². The van der Waals surface area contributed by atoms with Crippen molar-refractivity contribution < 1.29 is 13.9 Å². The van der Waals surface area contributed by atoms with Crippen LogP contribution in [0.4, 0.5) is 8.78 Å². The summed E-state index contributed by atoms with van der Waals surface area (Å²) in [6, 6.07) is 2.89. The summed E-state index contributed by atoms with van der Waals surface area (Å²) in [5.74, 6) is 0. The first-order chi connectivity index (χ1) is 7.84. The number of aryl methyl sites for hydroxylation is 1. The molecule has 1 heterocycles. The number of alkyl halides is 2. The van der Waals surface area contributed by atoms with Crippen molar-refractivity contribution in [1.29, 1.82) is 0 Å². The molecule has 2 aromatic rings. The molecule has 1 aromatic heterocycles. The van der Waals surface area contributed by atoms with Gasteiger partial charge in [0, 0.05) is 28.7 Å². The molecule has 0 amide bonds. The van der Waals surface area contributed by atoms with Crippen LogP contribution in [0.2, 0.25) is 0 Å². The first-order valence-electron chi connectivity index (χ1n) is 4.75. The number of aliphatic hydroxyl groups is 1. The lowest BCUT2D eigenvalue weighted by Crippen LogP contribution is -2.34. The molecule has 3 nitrogen and oxygen atoms in total. The highest BCUT2D eigenvalue weighted by Crippen LogP contribution is 2.33. The molecular weight excluding hydrogens is 293 g/mol. The zero-order chi connectivity index (χ0) is 12.8. The summed E-state index contributed by atoms with van der Waals surface area (Å²) in [5, 5.41) is 14.3. The first kappa shape index (κ1) is 12.5. The second-order valence-corrected chi connectivity index (χ2v) is 4.64. The average molecular weight is 301 g/mol. The number of fused-ring (bicyclic) bond motifs is 1. The van der Waals surface area contributed by atoms with Crippen molar-refractivity contribution in [3.8, 4) is 0 Å². The molecule has 0 saturated carbocycles. The Bertz CT molecular complexity index is 571. The maximum absolute atomic E-state index is 12.7. The van der Waals surface area contributed by atoms with Gasteiger partial charge in [0.25, 0.3) is 6.43 Å². The second-order valence-electron chi connectivity index (χ2n) is 3.79. The molecule has 2 radical (unpaired) electrons. The fourth-order valence-electron chi connectivity index (χ4n) is 1.63. The Morgan fingerprint density at radius 2 is 2.18 bits per heavy atom. The SMILES string of the molecule is [B]C(O)(c1ccc(Br)c2cn(C)nc12)C(F)F. The fraction of sp³-hybridized carbons (Fsp3) is 0.300. The van der Waals surface area contributed by atoms with Crippen molar-refractivity contribution >= 4 is 34.7 Å². The van der Waals surface area contributed by atoms with Gasteiger partial charge in [-0.05, 0) is 6.07 Å². The van der Waals surface area contributed by atoms with Crippen molar-refractivity contribution in [3.05, 3.63) is 28.4 Å². The summed E-state index contributed by atoms with van der Waals surface area (Å²) in [5.41, 5.74) is -2.54. The van der Waals surface area contributed by atoms with Crippen molar-refractivity contribution in [3.63, 3.8) is 0 Å². The molecule has 1 atom stereocenters. The summed E-state index contributed by atoms with van der Waals surface area (Å²) >= 11 is 3.28. The molecule has 0 spiro atoms. The monoisotopic (exact) mass is 300 g/mol. The second kappa shape index (κ2) is 4.06. The number of halogens is 3. The van der Waals surface area contributed by atoms with E-state index in [1.165, 1.54) is 10.7 Å². The Balaban J connectivity index is 2.75.